The van der Waals surface area contributed by atoms with E-state index in [-0.39, 0.29) is 161 Å². The smallest absolute Gasteiger partial charge is 0.871 e. The van der Waals surface area contributed by atoms with E-state index in [1.54, 1.807) is 26.0 Å². The van der Waals surface area contributed by atoms with Crippen LogP contribution in [0.3, 0.4) is 0 Å². The monoisotopic (exact) mass is 1110 g/mol. The zero-order valence-corrected chi connectivity index (χ0v) is 49.1. The molecule has 0 aromatic heterocycles. The van der Waals surface area contributed by atoms with Gasteiger partial charge in [0.25, 0.3) is 20.2 Å². The number of azo groups is 4. The molecule has 0 radical (unpaired) electrons. The van der Waals surface area contributed by atoms with E-state index in [4.69, 9.17) is 22.9 Å². The van der Waals surface area contributed by atoms with E-state index in [1.165, 1.54) is 78.9 Å². The van der Waals surface area contributed by atoms with E-state index in [1.807, 2.05) is 0 Å². The van der Waals surface area contributed by atoms with Crippen LogP contribution in [0, 0.1) is 13.8 Å². The first kappa shape index (κ1) is 60.9. The Balaban J connectivity index is 0.00000356. The summed E-state index contributed by atoms with van der Waals surface area (Å²) in [5, 5.41) is 62.3. The Kier molecular flexibility index (Phi) is 19.3. The molecule has 0 unspecified atom stereocenters. The molecule has 0 amide bonds. The second-order valence-electron chi connectivity index (χ2n) is 16.0. The SMILES string of the molecule is Cc1cc(N=Nc2ccc3cc(S(=O)(=O)O)c(N=Nc4ccc(Nc5ccc(N=Nc6c(S(=O)(=O)O)cc7ccc(N=Nc8cc(C)c(N)cc8N)cc7c6[O-])cc5S(=O)(=O)[O-])cc4)c([O-])c3c2)c(N)cc1N.[Na+].[Na+].[Na+]. The van der Waals surface area contributed by atoms with E-state index in [9.17, 15) is 49.1 Å². The van der Waals surface area contributed by atoms with Crippen molar-refractivity contribution in [3.63, 3.8) is 0 Å². The molecule has 0 aliphatic rings. The fourth-order valence-electron chi connectivity index (χ4n) is 7.05. The Bertz CT molecular complexity index is 4100. The summed E-state index contributed by atoms with van der Waals surface area (Å²) in [5.74, 6) is -1.93. The number of nitrogen functional groups attached to an aromatic ring is 4. The van der Waals surface area contributed by atoms with E-state index in [0.717, 1.165) is 24.3 Å². The summed E-state index contributed by atoms with van der Waals surface area (Å²) in [5.41, 5.74) is 25.6. The second-order valence-corrected chi connectivity index (χ2v) is 20.1. The zero-order chi connectivity index (χ0) is 52.7. The molecule has 0 fully saturated rings. The minimum absolute atomic E-state index is 0. The fourth-order valence-corrected chi connectivity index (χ4v) is 9.02. The van der Waals surface area contributed by atoms with Gasteiger partial charge in [0.05, 0.1) is 56.1 Å². The third kappa shape index (κ3) is 13.8. The van der Waals surface area contributed by atoms with Gasteiger partial charge in [0, 0.05) is 17.1 Å². The van der Waals surface area contributed by atoms with Crippen molar-refractivity contribution in [3.05, 3.63) is 126 Å². The largest absolute Gasteiger partial charge is 1.00 e. The standard InChI is InChI=1S/C46H39N13O11S3.3Na/c1-22-13-38(35(49)20-33(22)47)56-53-28-5-3-24-15-41(72(65,66)67)43(45(60)31(24)17-28)58-52-27-9-7-26(8-10-27)51-37-12-11-30(19-40(37)71(62,63)64)55-59-44-42(73(68,69)70)16-25-4-6-29(18-32(25)46(44)61)54-57-39-14-23(2)34(48)21-36(39)50;;;/h3-21,51,60-61H,47-50H2,1-2H3,(H,62,63,64)(H,65,66,67)(H,68,69,70);;;/q;3*+1/p-3. The first-order valence-electron chi connectivity index (χ1n) is 20.8. The first-order valence-corrected chi connectivity index (χ1v) is 25.1. The van der Waals surface area contributed by atoms with Crippen LogP contribution in [0.4, 0.5) is 79.6 Å². The summed E-state index contributed by atoms with van der Waals surface area (Å²) in [6, 6.07) is 25.1. The predicted octanol–water partition coefficient (Wildman–Crippen LogP) is 0.901. The van der Waals surface area contributed by atoms with Gasteiger partial charge in [0.2, 0.25) is 0 Å². The number of nitrogens with zero attached hydrogens (tertiary/aromatic N) is 8. The number of hydrogen-bond donors (Lipinski definition) is 7. The molecule has 0 atom stereocenters. The topological polar surface area (TPSA) is 427 Å². The summed E-state index contributed by atoms with van der Waals surface area (Å²) < 4.78 is 107. The van der Waals surface area contributed by atoms with Crippen molar-refractivity contribution < 1.29 is 138 Å². The number of nitrogens with two attached hydrogens (primary N) is 4. The van der Waals surface area contributed by atoms with Gasteiger partial charge in [-0.25, -0.2) is 8.42 Å². The van der Waals surface area contributed by atoms with Gasteiger partial charge in [-0.15, -0.1) is 20.5 Å². The molecule has 0 bridgehead atoms. The molecule has 8 rings (SSSR count). The minimum Gasteiger partial charge on any atom is -0.871 e. The maximum atomic E-state index is 13.7. The average molecular weight is 1110 g/mol. The minimum atomic E-state index is -5.27. The third-order valence-electron chi connectivity index (χ3n) is 10.9. The Morgan fingerprint density at radius 2 is 0.829 bits per heavy atom. The van der Waals surface area contributed by atoms with Crippen LogP contribution < -0.4 is 127 Å². The number of benzene rings is 8. The van der Waals surface area contributed by atoms with Crippen molar-refractivity contribution in [1.29, 1.82) is 0 Å². The van der Waals surface area contributed by atoms with Gasteiger partial charge >= 0.3 is 88.7 Å². The molecule has 11 N–H and O–H groups in total. The van der Waals surface area contributed by atoms with Crippen molar-refractivity contribution in [2.24, 2.45) is 40.9 Å². The number of aryl methyl sites for hydroxylation is 2. The van der Waals surface area contributed by atoms with Gasteiger partial charge in [-0.2, -0.15) is 37.3 Å². The maximum Gasteiger partial charge on any atom is 1.00 e. The predicted molar refractivity (Wildman–Crippen MR) is 267 cm³/mol. The quantitative estimate of drug-likeness (QED) is 0.0365. The summed E-state index contributed by atoms with van der Waals surface area (Å²) in [6.07, 6.45) is 0. The zero-order valence-electron chi connectivity index (χ0n) is 40.7. The average Bonchev–Trinajstić information content (AvgIpc) is 3.32. The summed E-state index contributed by atoms with van der Waals surface area (Å²) in [4.78, 5) is -2.58. The van der Waals surface area contributed by atoms with E-state index in [2.05, 4.69) is 46.2 Å². The van der Waals surface area contributed by atoms with Crippen molar-refractivity contribution in [1.82, 2.24) is 0 Å². The van der Waals surface area contributed by atoms with Crippen LogP contribution in [-0.4, -0.2) is 38.9 Å². The summed E-state index contributed by atoms with van der Waals surface area (Å²) in [7, 11) is -15.4. The molecule has 0 aliphatic heterocycles. The van der Waals surface area contributed by atoms with Gasteiger partial charge in [-0.05, 0) is 150 Å². The summed E-state index contributed by atoms with van der Waals surface area (Å²) in [6.45, 7) is 3.50. The number of rotatable bonds is 13. The van der Waals surface area contributed by atoms with E-state index < -0.39 is 67.9 Å². The Labute approximate surface area is 499 Å². The molecule has 0 saturated heterocycles. The van der Waals surface area contributed by atoms with Crippen molar-refractivity contribution in [2.45, 2.75) is 28.5 Å². The van der Waals surface area contributed by atoms with Crippen LogP contribution >= 0.6 is 0 Å². The van der Waals surface area contributed by atoms with Gasteiger partial charge in [-0.3, -0.25) is 9.11 Å². The van der Waals surface area contributed by atoms with Gasteiger partial charge in [-0.1, -0.05) is 23.6 Å². The number of nitrogens with one attached hydrogen (secondary N) is 1. The molecule has 30 heteroatoms. The Morgan fingerprint density at radius 3 is 1.25 bits per heavy atom. The molecular formula is C46H36N13Na3O11S3. The van der Waals surface area contributed by atoms with E-state index in [0.29, 0.717) is 28.2 Å². The van der Waals surface area contributed by atoms with Crippen LogP contribution in [0.1, 0.15) is 11.1 Å². The van der Waals surface area contributed by atoms with Crippen molar-refractivity contribution in [2.75, 3.05) is 28.3 Å². The van der Waals surface area contributed by atoms with Crippen LogP contribution in [0.15, 0.2) is 171 Å². The fraction of sp³-hybridized carbons (Fsp3) is 0.0435. The first-order chi connectivity index (χ1) is 34.3. The van der Waals surface area contributed by atoms with Crippen LogP contribution in [-0.2, 0) is 30.4 Å². The van der Waals surface area contributed by atoms with Gasteiger partial charge in [0.15, 0.2) is 0 Å². The maximum absolute atomic E-state index is 13.7. The number of fused-ring (bicyclic) bond motifs is 2. The van der Waals surface area contributed by atoms with Crippen molar-refractivity contribution >= 4 is 132 Å². The second kappa shape index (κ2) is 24.1. The molecule has 0 saturated carbocycles. The molecule has 76 heavy (non-hydrogen) atoms. The third-order valence-corrected chi connectivity index (χ3v) is 13.5. The van der Waals surface area contributed by atoms with Crippen LogP contribution in [0.5, 0.6) is 11.5 Å². The van der Waals surface area contributed by atoms with Gasteiger partial charge < -0.3 is 43.0 Å². The van der Waals surface area contributed by atoms with Crippen LogP contribution in [0.25, 0.3) is 21.5 Å². The Hall–Kier alpha value is -5.99. The molecule has 0 spiro atoms. The Morgan fingerprint density at radius 1 is 0.447 bits per heavy atom. The molecule has 8 aromatic rings. The normalized spacial score (nSPS) is 12.1. The number of anilines is 6. The molecule has 372 valence electrons. The molecule has 0 heterocycles. The summed E-state index contributed by atoms with van der Waals surface area (Å²) >= 11 is 0. The van der Waals surface area contributed by atoms with E-state index >= 15 is 0 Å². The molecule has 8 aromatic carbocycles. The molecular weight excluding hydrogens is 1080 g/mol. The number of hydrogen-bond acceptors (Lipinski definition) is 22. The van der Waals surface area contributed by atoms with Crippen molar-refractivity contribution in [3.8, 4) is 11.5 Å². The molecule has 0 aliphatic carbocycles. The van der Waals surface area contributed by atoms with Crippen LogP contribution in [0.2, 0.25) is 0 Å². The molecule has 24 nitrogen and oxygen atoms in total. The van der Waals surface area contributed by atoms with Gasteiger partial charge in [0.1, 0.15) is 31.3 Å².